The summed E-state index contributed by atoms with van der Waals surface area (Å²) in [6, 6.07) is 0. The molecule has 2 aliphatic heterocycles. The summed E-state index contributed by atoms with van der Waals surface area (Å²) < 4.78 is 0. The molecule has 0 spiro atoms. The van der Waals surface area contributed by atoms with E-state index in [0.717, 1.165) is 23.5 Å². The van der Waals surface area contributed by atoms with E-state index in [1.165, 1.54) is 12.0 Å². The fraction of sp³-hybridized carbons (Fsp3) is 0.0714. The smallest absolute Gasteiger partial charge is 0.181 e. The van der Waals surface area contributed by atoms with Gasteiger partial charge in [-0.05, 0) is 18.2 Å². The van der Waals surface area contributed by atoms with Crippen molar-refractivity contribution in [3.8, 4) is 0 Å². The highest BCUT2D eigenvalue weighted by atomic mass is 15.1. The number of aromatic amines is 1. The van der Waals surface area contributed by atoms with Crippen LogP contribution < -0.4 is 0 Å². The van der Waals surface area contributed by atoms with Crippen molar-refractivity contribution >= 4 is 16.7 Å². The second-order valence-corrected chi connectivity index (χ2v) is 4.43. The summed E-state index contributed by atoms with van der Waals surface area (Å²) in [6.07, 6.45) is 15.8. The van der Waals surface area contributed by atoms with Gasteiger partial charge < -0.3 is 9.88 Å². The van der Waals surface area contributed by atoms with Crippen LogP contribution in [0.3, 0.4) is 0 Å². The van der Waals surface area contributed by atoms with Gasteiger partial charge in [-0.3, -0.25) is 0 Å². The van der Waals surface area contributed by atoms with Crippen LogP contribution in [0.15, 0.2) is 54.8 Å². The summed E-state index contributed by atoms with van der Waals surface area (Å²) in [4.78, 5) is 18.0. The fourth-order valence-corrected chi connectivity index (χ4v) is 2.24. The number of rotatable bonds is 1. The van der Waals surface area contributed by atoms with Crippen LogP contribution in [0.4, 0.5) is 0 Å². The molecule has 0 fully saturated rings. The lowest BCUT2D eigenvalue weighted by molar-refractivity contribution is 0.524. The summed E-state index contributed by atoms with van der Waals surface area (Å²) >= 11 is 0. The molecule has 19 heavy (non-hydrogen) atoms. The molecule has 0 radical (unpaired) electrons. The van der Waals surface area contributed by atoms with Crippen LogP contribution in [0.1, 0.15) is 5.82 Å². The van der Waals surface area contributed by atoms with Gasteiger partial charge in [0.15, 0.2) is 5.65 Å². The Labute approximate surface area is 109 Å². The third-order valence-electron chi connectivity index (χ3n) is 3.21. The number of H-pyrrole nitrogens is 1. The van der Waals surface area contributed by atoms with Gasteiger partial charge >= 0.3 is 0 Å². The normalized spacial score (nSPS) is 17.4. The Morgan fingerprint density at radius 2 is 2.32 bits per heavy atom. The highest BCUT2D eigenvalue weighted by molar-refractivity contribution is 5.79. The third-order valence-corrected chi connectivity index (χ3v) is 3.21. The zero-order chi connectivity index (χ0) is 12.7. The predicted molar refractivity (Wildman–Crippen MR) is 72.7 cm³/mol. The third kappa shape index (κ3) is 1.67. The molecule has 0 amide bonds. The number of allylic oxidation sites excluding steroid dienone is 5. The number of hydrogen-bond donors (Lipinski definition) is 1. The van der Waals surface area contributed by atoms with E-state index >= 15 is 0 Å². The lowest BCUT2D eigenvalue weighted by Gasteiger charge is -2.25. The largest absolute Gasteiger partial charge is 0.344 e. The van der Waals surface area contributed by atoms with Gasteiger partial charge in [0.25, 0.3) is 0 Å². The maximum Gasteiger partial charge on any atom is 0.181 e. The zero-order valence-electron chi connectivity index (χ0n) is 10.1. The summed E-state index contributed by atoms with van der Waals surface area (Å²) in [5.41, 5.74) is 3.77. The van der Waals surface area contributed by atoms with Crippen LogP contribution in [0, 0.1) is 0 Å². The van der Waals surface area contributed by atoms with Gasteiger partial charge in [-0.2, -0.15) is 0 Å². The Bertz CT molecular complexity index is 730. The molecular formula is C14H11N5. The van der Waals surface area contributed by atoms with Crippen LogP contribution in [0.5, 0.6) is 0 Å². The van der Waals surface area contributed by atoms with Crippen molar-refractivity contribution in [2.45, 2.75) is 0 Å². The molecule has 4 heterocycles. The summed E-state index contributed by atoms with van der Waals surface area (Å²) in [5, 5.41) is 0. The highest BCUT2D eigenvalue weighted by Gasteiger charge is 2.14. The first-order chi connectivity index (χ1) is 9.40. The van der Waals surface area contributed by atoms with Crippen LogP contribution in [-0.2, 0) is 0 Å². The zero-order valence-corrected chi connectivity index (χ0v) is 10.1. The molecule has 2 aliphatic rings. The average Bonchev–Trinajstić information content (AvgIpc) is 2.90. The molecule has 2 aromatic heterocycles. The number of nitrogens with zero attached hydrogens (tertiary/aromatic N) is 4. The molecule has 5 heteroatoms. The van der Waals surface area contributed by atoms with Gasteiger partial charge in [-0.15, -0.1) is 0 Å². The Hall–Kier alpha value is -2.69. The molecule has 92 valence electrons. The van der Waals surface area contributed by atoms with Gasteiger partial charge in [0.1, 0.15) is 17.7 Å². The predicted octanol–water partition coefficient (Wildman–Crippen LogP) is 2.02. The summed E-state index contributed by atoms with van der Waals surface area (Å²) in [5.74, 6) is 0.821. The first kappa shape index (κ1) is 10.3. The molecule has 4 rings (SSSR count). The minimum atomic E-state index is 0.694. The minimum absolute atomic E-state index is 0.694. The number of imidazole rings is 1. The molecule has 0 aliphatic carbocycles. The van der Waals surface area contributed by atoms with Crippen molar-refractivity contribution < 1.29 is 0 Å². The van der Waals surface area contributed by atoms with E-state index in [4.69, 9.17) is 0 Å². The molecule has 5 nitrogen and oxygen atoms in total. The first-order valence-corrected chi connectivity index (χ1v) is 6.10. The summed E-state index contributed by atoms with van der Waals surface area (Å²) in [7, 11) is 0. The SMILES string of the molecule is C1=CCN2C=CC(c3nc4ncncc4[nH]3)=CC2=C1. The van der Waals surface area contributed by atoms with Crippen molar-refractivity contribution in [1.29, 1.82) is 0 Å². The lowest BCUT2D eigenvalue weighted by Crippen LogP contribution is -2.19. The van der Waals surface area contributed by atoms with Gasteiger partial charge in [-0.25, -0.2) is 15.0 Å². The molecule has 2 aromatic rings. The van der Waals surface area contributed by atoms with Crippen molar-refractivity contribution in [3.05, 3.63) is 60.6 Å². The van der Waals surface area contributed by atoms with Gasteiger partial charge in [-0.1, -0.05) is 12.2 Å². The van der Waals surface area contributed by atoms with Gasteiger partial charge in [0.2, 0.25) is 0 Å². The van der Waals surface area contributed by atoms with E-state index in [9.17, 15) is 0 Å². The number of hydrogen-bond acceptors (Lipinski definition) is 4. The van der Waals surface area contributed by atoms with E-state index in [-0.39, 0.29) is 0 Å². The van der Waals surface area contributed by atoms with E-state index in [1.54, 1.807) is 6.20 Å². The van der Waals surface area contributed by atoms with Crippen molar-refractivity contribution in [2.24, 2.45) is 0 Å². The fourth-order valence-electron chi connectivity index (χ4n) is 2.24. The molecule has 0 atom stereocenters. The van der Waals surface area contributed by atoms with Crippen molar-refractivity contribution in [2.75, 3.05) is 6.54 Å². The topological polar surface area (TPSA) is 57.7 Å². The second kappa shape index (κ2) is 3.91. The van der Waals surface area contributed by atoms with E-state index in [0.29, 0.717) is 5.65 Å². The Morgan fingerprint density at radius 1 is 1.32 bits per heavy atom. The molecule has 0 aromatic carbocycles. The monoisotopic (exact) mass is 249 g/mol. The number of nitrogens with one attached hydrogen (secondary N) is 1. The lowest BCUT2D eigenvalue weighted by atomic mass is 10.1. The van der Waals surface area contributed by atoms with Crippen molar-refractivity contribution in [3.63, 3.8) is 0 Å². The maximum atomic E-state index is 4.48. The van der Waals surface area contributed by atoms with Crippen LogP contribution in [0.2, 0.25) is 0 Å². The van der Waals surface area contributed by atoms with E-state index in [1.807, 2.05) is 0 Å². The highest BCUT2D eigenvalue weighted by Crippen LogP contribution is 2.25. The van der Waals surface area contributed by atoms with Crippen LogP contribution >= 0.6 is 0 Å². The van der Waals surface area contributed by atoms with Crippen LogP contribution in [-0.4, -0.2) is 31.4 Å². The standard InChI is InChI=1S/C14H11N5/c1-2-5-19-6-4-10(7-11(19)3-1)13-17-12-8-15-9-16-14(12)18-13/h1-4,6-9H,5H2,(H,15,16,17,18). The Kier molecular flexibility index (Phi) is 2.11. The Morgan fingerprint density at radius 3 is 3.26 bits per heavy atom. The van der Waals surface area contributed by atoms with Gasteiger partial charge in [0, 0.05) is 24.0 Å². The van der Waals surface area contributed by atoms with E-state index < -0.39 is 0 Å². The first-order valence-electron chi connectivity index (χ1n) is 6.10. The quantitative estimate of drug-likeness (QED) is 0.840. The molecule has 0 bridgehead atoms. The molecule has 0 unspecified atom stereocenters. The molecule has 0 saturated carbocycles. The Balaban J connectivity index is 1.80. The summed E-state index contributed by atoms with van der Waals surface area (Å²) in [6.45, 7) is 0.914. The van der Waals surface area contributed by atoms with Crippen molar-refractivity contribution in [1.82, 2.24) is 24.8 Å². The maximum absolute atomic E-state index is 4.48. The van der Waals surface area contributed by atoms with E-state index in [2.05, 4.69) is 61.4 Å². The minimum Gasteiger partial charge on any atom is -0.344 e. The molecular weight excluding hydrogens is 238 g/mol. The number of fused-ring (bicyclic) bond motifs is 2. The average molecular weight is 249 g/mol. The number of aromatic nitrogens is 4. The second-order valence-electron chi connectivity index (χ2n) is 4.43. The molecule has 1 N–H and O–H groups in total. The molecule has 0 saturated heterocycles. The van der Waals surface area contributed by atoms with Crippen LogP contribution in [0.25, 0.3) is 16.7 Å². The van der Waals surface area contributed by atoms with Gasteiger partial charge in [0.05, 0.1) is 6.20 Å².